The zero-order valence-corrected chi connectivity index (χ0v) is 18.5. The van der Waals surface area contributed by atoms with Gasteiger partial charge in [0.15, 0.2) is 11.5 Å². The van der Waals surface area contributed by atoms with Crippen molar-refractivity contribution in [3.05, 3.63) is 107 Å². The summed E-state index contributed by atoms with van der Waals surface area (Å²) in [5.74, 6) is 0.241. The summed E-state index contributed by atoms with van der Waals surface area (Å²) >= 11 is 0. The molecule has 0 unspecified atom stereocenters. The van der Waals surface area contributed by atoms with Crippen molar-refractivity contribution < 1.29 is 19.4 Å². The SMILES string of the molecule is C=CCc1cc(/C=C(/C#N)c2ccc(C(=O)O)cc2)cc(OCC)c1OCc1ccccc1. The molecule has 0 radical (unpaired) electrons. The fourth-order valence-corrected chi connectivity index (χ4v) is 3.37. The molecule has 0 aromatic heterocycles. The van der Waals surface area contributed by atoms with Crippen LogP contribution in [0.4, 0.5) is 0 Å². The van der Waals surface area contributed by atoms with E-state index < -0.39 is 5.97 Å². The van der Waals surface area contributed by atoms with Gasteiger partial charge in [-0.1, -0.05) is 48.5 Å². The number of benzene rings is 3. The van der Waals surface area contributed by atoms with Crippen LogP contribution in [-0.2, 0) is 13.0 Å². The van der Waals surface area contributed by atoms with Gasteiger partial charge in [0.25, 0.3) is 0 Å². The Morgan fingerprint density at radius 2 is 1.76 bits per heavy atom. The predicted molar refractivity (Wildman–Crippen MR) is 129 cm³/mol. The van der Waals surface area contributed by atoms with Gasteiger partial charge in [0, 0.05) is 5.56 Å². The number of rotatable bonds is 10. The van der Waals surface area contributed by atoms with E-state index in [0.29, 0.717) is 42.3 Å². The smallest absolute Gasteiger partial charge is 0.335 e. The van der Waals surface area contributed by atoms with Crippen LogP contribution in [-0.4, -0.2) is 17.7 Å². The van der Waals surface area contributed by atoms with Gasteiger partial charge in [0.1, 0.15) is 6.61 Å². The molecule has 0 saturated heterocycles. The van der Waals surface area contributed by atoms with Crippen molar-refractivity contribution in [3.8, 4) is 17.6 Å². The molecule has 0 fully saturated rings. The first kappa shape index (κ1) is 23.4. The maximum atomic E-state index is 11.1. The number of carboxylic acid groups (broad SMARTS) is 1. The molecule has 0 aliphatic carbocycles. The highest BCUT2D eigenvalue weighted by atomic mass is 16.5. The number of aromatic carboxylic acids is 1. The minimum Gasteiger partial charge on any atom is -0.490 e. The van der Waals surface area contributed by atoms with Gasteiger partial charge >= 0.3 is 5.97 Å². The fourth-order valence-electron chi connectivity index (χ4n) is 3.37. The molecule has 1 N–H and O–H groups in total. The van der Waals surface area contributed by atoms with Crippen LogP contribution in [0.25, 0.3) is 11.6 Å². The van der Waals surface area contributed by atoms with Gasteiger partial charge in [-0.05, 0) is 60.4 Å². The standard InChI is InChI=1S/C28H25NO4/c1-3-8-24-15-21(16-25(18-29)22-11-13-23(14-12-22)28(30)31)17-26(32-4-2)27(24)33-19-20-9-6-5-7-10-20/h3,5-7,9-17H,1,4,8,19H2,2H3,(H,30,31)/b25-16-. The normalized spacial score (nSPS) is 10.8. The van der Waals surface area contributed by atoms with Gasteiger partial charge in [-0.3, -0.25) is 0 Å². The molecule has 3 aromatic carbocycles. The first-order valence-corrected chi connectivity index (χ1v) is 10.6. The number of nitrogens with zero attached hydrogens (tertiary/aromatic N) is 1. The van der Waals surface area contributed by atoms with Crippen molar-refractivity contribution in [3.63, 3.8) is 0 Å². The summed E-state index contributed by atoms with van der Waals surface area (Å²) in [6.07, 6.45) is 4.12. The zero-order chi connectivity index (χ0) is 23.6. The molecule has 0 bridgehead atoms. The summed E-state index contributed by atoms with van der Waals surface area (Å²) in [4.78, 5) is 11.1. The van der Waals surface area contributed by atoms with E-state index in [-0.39, 0.29) is 5.56 Å². The Hall–Kier alpha value is -4.30. The summed E-state index contributed by atoms with van der Waals surface area (Å²) in [5.41, 5.74) is 3.94. The van der Waals surface area contributed by atoms with E-state index in [1.54, 1.807) is 24.3 Å². The second kappa shape index (κ2) is 11.4. The highest BCUT2D eigenvalue weighted by Gasteiger charge is 2.14. The Balaban J connectivity index is 1.99. The molecular weight excluding hydrogens is 414 g/mol. The lowest BCUT2D eigenvalue weighted by atomic mass is 10.00. The molecule has 0 heterocycles. The highest BCUT2D eigenvalue weighted by Crippen LogP contribution is 2.36. The summed E-state index contributed by atoms with van der Waals surface area (Å²) in [6.45, 7) is 6.62. The second-order valence-electron chi connectivity index (χ2n) is 7.26. The lowest BCUT2D eigenvalue weighted by molar-refractivity contribution is 0.0697. The Labute approximate surface area is 193 Å². The molecule has 0 atom stereocenters. The third-order valence-electron chi connectivity index (χ3n) is 4.92. The van der Waals surface area contributed by atoms with Crippen LogP contribution in [0.2, 0.25) is 0 Å². The Bertz CT molecular complexity index is 1190. The molecule has 5 nitrogen and oxygen atoms in total. The Kier molecular flexibility index (Phi) is 8.04. The number of ether oxygens (including phenoxy) is 2. The highest BCUT2D eigenvalue weighted by molar-refractivity contribution is 5.92. The Morgan fingerprint density at radius 3 is 2.36 bits per heavy atom. The third kappa shape index (κ3) is 6.11. The van der Waals surface area contributed by atoms with E-state index in [0.717, 1.165) is 16.7 Å². The van der Waals surface area contributed by atoms with Crippen LogP contribution < -0.4 is 9.47 Å². The van der Waals surface area contributed by atoms with E-state index in [2.05, 4.69) is 12.6 Å². The molecule has 3 rings (SSSR count). The predicted octanol–water partition coefficient (Wildman–Crippen LogP) is 6.16. The topological polar surface area (TPSA) is 79.6 Å². The molecule has 5 heteroatoms. The van der Waals surface area contributed by atoms with Crippen molar-refractivity contribution in [1.29, 1.82) is 5.26 Å². The monoisotopic (exact) mass is 439 g/mol. The van der Waals surface area contributed by atoms with Crippen molar-refractivity contribution >= 4 is 17.6 Å². The molecule has 0 aliphatic rings. The minimum atomic E-state index is -1.01. The number of nitriles is 1. The average Bonchev–Trinajstić information content (AvgIpc) is 2.83. The molecular formula is C28H25NO4. The summed E-state index contributed by atoms with van der Waals surface area (Å²) in [6, 6.07) is 22.1. The van der Waals surface area contributed by atoms with Crippen LogP contribution >= 0.6 is 0 Å². The molecule has 0 spiro atoms. The van der Waals surface area contributed by atoms with Crippen LogP contribution in [0.5, 0.6) is 11.5 Å². The summed E-state index contributed by atoms with van der Waals surface area (Å²) in [5, 5.41) is 18.8. The van der Waals surface area contributed by atoms with E-state index in [9.17, 15) is 10.1 Å². The zero-order valence-electron chi connectivity index (χ0n) is 18.5. The van der Waals surface area contributed by atoms with Crippen LogP contribution in [0.1, 0.15) is 39.5 Å². The van der Waals surface area contributed by atoms with Crippen molar-refractivity contribution in [2.24, 2.45) is 0 Å². The quantitative estimate of drug-likeness (QED) is 0.233. The van der Waals surface area contributed by atoms with Gasteiger partial charge in [-0.25, -0.2) is 4.79 Å². The van der Waals surface area contributed by atoms with E-state index >= 15 is 0 Å². The number of allylic oxidation sites excluding steroid dienone is 2. The van der Waals surface area contributed by atoms with Crippen LogP contribution in [0.15, 0.2) is 79.4 Å². The third-order valence-corrected chi connectivity index (χ3v) is 4.92. The maximum Gasteiger partial charge on any atom is 0.335 e. The lowest BCUT2D eigenvalue weighted by Gasteiger charge is -2.17. The summed E-state index contributed by atoms with van der Waals surface area (Å²) in [7, 11) is 0. The van der Waals surface area contributed by atoms with Crippen molar-refractivity contribution in [2.75, 3.05) is 6.61 Å². The molecule has 0 aliphatic heterocycles. The average molecular weight is 440 g/mol. The van der Waals surface area contributed by atoms with Crippen molar-refractivity contribution in [1.82, 2.24) is 0 Å². The first-order valence-electron chi connectivity index (χ1n) is 10.6. The van der Waals surface area contributed by atoms with Gasteiger partial charge in [0.2, 0.25) is 0 Å². The minimum absolute atomic E-state index is 0.169. The fraction of sp³-hybridized carbons (Fsp3) is 0.143. The van der Waals surface area contributed by atoms with Gasteiger partial charge < -0.3 is 14.6 Å². The molecule has 166 valence electrons. The first-order chi connectivity index (χ1) is 16.0. The van der Waals surface area contributed by atoms with E-state index in [1.807, 2.05) is 49.4 Å². The lowest BCUT2D eigenvalue weighted by Crippen LogP contribution is -2.03. The molecule has 33 heavy (non-hydrogen) atoms. The number of hydrogen-bond acceptors (Lipinski definition) is 4. The van der Waals surface area contributed by atoms with E-state index in [1.165, 1.54) is 12.1 Å². The van der Waals surface area contributed by atoms with Crippen LogP contribution in [0, 0.1) is 11.3 Å². The second-order valence-corrected chi connectivity index (χ2v) is 7.26. The molecule has 0 amide bonds. The molecule has 3 aromatic rings. The number of carboxylic acids is 1. The maximum absolute atomic E-state index is 11.1. The summed E-state index contributed by atoms with van der Waals surface area (Å²) < 4.78 is 12.0. The Morgan fingerprint density at radius 1 is 1.06 bits per heavy atom. The van der Waals surface area contributed by atoms with Crippen molar-refractivity contribution in [2.45, 2.75) is 20.0 Å². The van der Waals surface area contributed by atoms with Gasteiger partial charge in [0.05, 0.1) is 23.8 Å². The number of hydrogen-bond donors (Lipinski definition) is 1. The largest absolute Gasteiger partial charge is 0.490 e. The molecule has 0 saturated carbocycles. The van der Waals surface area contributed by atoms with Gasteiger partial charge in [-0.2, -0.15) is 5.26 Å². The number of carbonyl (C=O) groups is 1. The van der Waals surface area contributed by atoms with E-state index in [4.69, 9.17) is 14.6 Å². The van der Waals surface area contributed by atoms with Crippen LogP contribution in [0.3, 0.4) is 0 Å². The van der Waals surface area contributed by atoms with Gasteiger partial charge in [-0.15, -0.1) is 6.58 Å².